The maximum absolute atomic E-state index is 2.30. The van der Waals surface area contributed by atoms with E-state index >= 15 is 0 Å². The molecule has 0 aromatic carbocycles. The third-order valence-electron chi connectivity index (χ3n) is 3.41. The zero-order valence-corrected chi connectivity index (χ0v) is 10.6. The van der Waals surface area contributed by atoms with E-state index < -0.39 is 0 Å². The molecule has 0 aromatic heterocycles. The summed E-state index contributed by atoms with van der Waals surface area (Å²) in [5.74, 6) is 1.45. The third kappa shape index (κ3) is 4.15. The lowest BCUT2D eigenvalue weighted by atomic mass is 10.0. The standard InChI is InChI=1S/C15H25/c1-4-5-6-7-8-9-10-15-12-11-13(2)14(15)3/h11-12H,4-10H2,1-3H3/q+1. The summed E-state index contributed by atoms with van der Waals surface area (Å²) >= 11 is 0. The van der Waals surface area contributed by atoms with Crippen molar-refractivity contribution >= 4 is 0 Å². The molecule has 1 aliphatic carbocycles. The predicted octanol–water partition coefficient (Wildman–Crippen LogP) is 5.22. The van der Waals surface area contributed by atoms with Crippen molar-refractivity contribution < 1.29 is 0 Å². The van der Waals surface area contributed by atoms with Crippen molar-refractivity contribution in [3.8, 4) is 0 Å². The highest BCUT2D eigenvalue weighted by Crippen LogP contribution is 2.29. The van der Waals surface area contributed by atoms with Gasteiger partial charge in [-0.25, -0.2) is 0 Å². The molecule has 0 saturated heterocycles. The third-order valence-corrected chi connectivity index (χ3v) is 3.41. The predicted molar refractivity (Wildman–Crippen MR) is 68.8 cm³/mol. The minimum absolute atomic E-state index is 1.28. The van der Waals surface area contributed by atoms with Crippen molar-refractivity contribution in [2.75, 3.05) is 0 Å². The van der Waals surface area contributed by atoms with Crippen LogP contribution in [0.2, 0.25) is 0 Å². The minimum atomic E-state index is 1.28. The monoisotopic (exact) mass is 205 g/mol. The Kier molecular flexibility index (Phi) is 5.60. The highest BCUT2D eigenvalue weighted by molar-refractivity contribution is 5.46. The summed E-state index contributed by atoms with van der Waals surface area (Å²) < 4.78 is 0. The first kappa shape index (κ1) is 12.4. The van der Waals surface area contributed by atoms with E-state index in [0.717, 1.165) is 0 Å². The van der Waals surface area contributed by atoms with Crippen LogP contribution >= 0.6 is 0 Å². The van der Waals surface area contributed by atoms with Gasteiger partial charge in [0.05, 0.1) is 29.2 Å². The lowest BCUT2D eigenvalue weighted by molar-refractivity contribution is 0.608. The molecule has 0 atom stereocenters. The molecule has 1 rings (SSSR count). The van der Waals surface area contributed by atoms with Gasteiger partial charge in [-0.3, -0.25) is 0 Å². The highest BCUT2D eigenvalue weighted by atomic mass is 14.2. The fourth-order valence-corrected chi connectivity index (χ4v) is 2.10. The molecule has 0 radical (unpaired) electrons. The number of hydrogen-bond donors (Lipinski definition) is 0. The molecular weight excluding hydrogens is 180 g/mol. The summed E-state index contributed by atoms with van der Waals surface area (Å²) in [5, 5.41) is 0. The SMILES string of the molecule is CCCCCCCCC1=C(C)[C+](C)C=C1. The Balaban J connectivity index is 2.08. The summed E-state index contributed by atoms with van der Waals surface area (Å²) in [7, 11) is 0. The molecule has 0 spiro atoms. The van der Waals surface area contributed by atoms with Gasteiger partial charge in [0.25, 0.3) is 0 Å². The molecule has 0 saturated carbocycles. The maximum atomic E-state index is 2.30. The van der Waals surface area contributed by atoms with E-state index in [1.165, 1.54) is 56.4 Å². The van der Waals surface area contributed by atoms with Gasteiger partial charge >= 0.3 is 0 Å². The summed E-state index contributed by atoms with van der Waals surface area (Å²) in [5.41, 5.74) is 3.09. The second-order valence-electron chi connectivity index (χ2n) is 4.68. The van der Waals surface area contributed by atoms with Crippen molar-refractivity contribution in [1.29, 1.82) is 0 Å². The molecule has 0 amide bonds. The quantitative estimate of drug-likeness (QED) is 0.395. The maximum Gasteiger partial charge on any atom is 0.0963 e. The molecule has 0 unspecified atom stereocenters. The largest absolute Gasteiger partial charge is 0.0963 e. The van der Waals surface area contributed by atoms with Crippen LogP contribution in [-0.4, -0.2) is 0 Å². The Morgan fingerprint density at radius 1 is 1.07 bits per heavy atom. The van der Waals surface area contributed by atoms with E-state index in [2.05, 4.69) is 32.9 Å². The molecule has 0 aliphatic heterocycles. The van der Waals surface area contributed by atoms with Crippen LogP contribution in [0.25, 0.3) is 0 Å². The van der Waals surface area contributed by atoms with Crippen LogP contribution in [-0.2, 0) is 0 Å². The number of rotatable bonds is 7. The van der Waals surface area contributed by atoms with Gasteiger partial charge in [0, 0.05) is 13.3 Å². The van der Waals surface area contributed by atoms with E-state index in [4.69, 9.17) is 0 Å². The van der Waals surface area contributed by atoms with Crippen molar-refractivity contribution in [2.24, 2.45) is 0 Å². The first-order chi connectivity index (χ1) is 7.25. The second-order valence-corrected chi connectivity index (χ2v) is 4.68. The van der Waals surface area contributed by atoms with E-state index in [1.807, 2.05) is 0 Å². The van der Waals surface area contributed by atoms with Gasteiger partial charge in [0.1, 0.15) is 0 Å². The van der Waals surface area contributed by atoms with Crippen LogP contribution in [0.5, 0.6) is 0 Å². The molecule has 0 aromatic rings. The fraction of sp³-hybridized carbons (Fsp3) is 0.667. The van der Waals surface area contributed by atoms with Gasteiger partial charge in [-0.1, -0.05) is 39.0 Å². The zero-order valence-electron chi connectivity index (χ0n) is 10.6. The summed E-state index contributed by atoms with van der Waals surface area (Å²) in [6.07, 6.45) is 14.2. The van der Waals surface area contributed by atoms with Crippen molar-refractivity contribution in [3.63, 3.8) is 0 Å². The van der Waals surface area contributed by atoms with Gasteiger partial charge < -0.3 is 0 Å². The minimum Gasteiger partial charge on any atom is -0.0654 e. The van der Waals surface area contributed by atoms with Gasteiger partial charge in [0.15, 0.2) is 0 Å². The van der Waals surface area contributed by atoms with Gasteiger partial charge in [-0.05, 0) is 13.3 Å². The van der Waals surface area contributed by atoms with E-state index in [1.54, 1.807) is 5.57 Å². The van der Waals surface area contributed by atoms with Crippen LogP contribution in [0.1, 0.15) is 65.7 Å². The molecule has 15 heavy (non-hydrogen) atoms. The molecule has 0 bridgehead atoms. The molecule has 84 valence electrons. The Morgan fingerprint density at radius 2 is 1.73 bits per heavy atom. The first-order valence-electron chi connectivity index (χ1n) is 6.47. The van der Waals surface area contributed by atoms with Crippen LogP contribution in [0.3, 0.4) is 0 Å². The Bertz CT molecular complexity index is 232. The van der Waals surface area contributed by atoms with Gasteiger partial charge in [-0.2, -0.15) is 0 Å². The van der Waals surface area contributed by atoms with Crippen LogP contribution in [0, 0.1) is 5.92 Å². The number of allylic oxidation sites excluding steroid dienone is 4. The molecular formula is C15H25+. The Labute approximate surface area is 95.5 Å². The second kappa shape index (κ2) is 6.76. The molecule has 0 heteroatoms. The number of unbranched alkanes of at least 4 members (excludes halogenated alkanes) is 5. The van der Waals surface area contributed by atoms with Crippen molar-refractivity contribution in [3.05, 3.63) is 29.2 Å². The lowest BCUT2D eigenvalue weighted by Crippen LogP contribution is -1.87. The van der Waals surface area contributed by atoms with Gasteiger partial charge in [0.2, 0.25) is 0 Å². The average Bonchev–Trinajstić information content (AvgIpc) is 2.54. The van der Waals surface area contributed by atoms with Crippen LogP contribution in [0.4, 0.5) is 0 Å². The zero-order chi connectivity index (χ0) is 11.1. The topological polar surface area (TPSA) is 0 Å². The van der Waals surface area contributed by atoms with E-state index in [0.29, 0.717) is 0 Å². The fourth-order valence-electron chi connectivity index (χ4n) is 2.10. The van der Waals surface area contributed by atoms with Crippen LogP contribution in [0.15, 0.2) is 23.3 Å². The molecule has 0 heterocycles. The Hall–Kier alpha value is -0.650. The summed E-state index contributed by atoms with van der Waals surface area (Å²) in [6, 6.07) is 0. The lowest BCUT2D eigenvalue weighted by Gasteiger charge is -1.99. The molecule has 1 aliphatic rings. The smallest absolute Gasteiger partial charge is 0.0654 e. The molecule has 0 fully saturated rings. The number of hydrogen-bond acceptors (Lipinski definition) is 0. The van der Waals surface area contributed by atoms with E-state index in [-0.39, 0.29) is 0 Å². The first-order valence-corrected chi connectivity index (χ1v) is 6.47. The summed E-state index contributed by atoms with van der Waals surface area (Å²) in [4.78, 5) is 0. The van der Waals surface area contributed by atoms with Gasteiger partial charge in [-0.15, -0.1) is 0 Å². The van der Waals surface area contributed by atoms with Crippen LogP contribution < -0.4 is 0 Å². The van der Waals surface area contributed by atoms with E-state index in [9.17, 15) is 0 Å². The van der Waals surface area contributed by atoms with Crippen molar-refractivity contribution in [2.45, 2.75) is 65.7 Å². The average molecular weight is 205 g/mol. The molecule has 0 N–H and O–H groups in total. The normalized spacial score (nSPS) is 15.5. The summed E-state index contributed by atoms with van der Waals surface area (Å²) in [6.45, 7) is 6.73. The Morgan fingerprint density at radius 3 is 2.33 bits per heavy atom. The van der Waals surface area contributed by atoms with Crippen molar-refractivity contribution in [1.82, 2.24) is 0 Å². The molecule has 0 nitrogen and oxygen atoms in total. The highest BCUT2D eigenvalue weighted by Gasteiger charge is 2.21.